The van der Waals surface area contributed by atoms with Gasteiger partial charge in [-0.3, -0.25) is 9.59 Å². The van der Waals surface area contributed by atoms with Gasteiger partial charge in [-0.25, -0.2) is 0 Å². The molecular formula is C23H44N2O3. The molecule has 1 saturated heterocycles. The van der Waals surface area contributed by atoms with E-state index >= 15 is 0 Å². The van der Waals surface area contributed by atoms with Crippen molar-refractivity contribution in [3.8, 4) is 0 Å². The lowest BCUT2D eigenvalue weighted by atomic mass is 10.0. The standard InChI is InChI=1S/C23H44N2O3/c1-2-3-4-5-6-7-8-9-10-11-12-13-14-15-18-28-23(27)21-19-22(26)25(20-21)17-16-24/h21H,2-20,24H2,1H3. The van der Waals surface area contributed by atoms with Gasteiger partial charge >= 0.3 is 5.97 Å². The molecule has 5 heteroatoms. The van der Waals surface area contributed by atoms with Crippen molar-refractivity contribution >= 4 is 11.9 Å². The molecule has 164 valence electrons. The Bertz CT molecular complexity index is 415. The first-order valence-corrected chi connectivity index (χ1v) is 11.8. The first kappa shape index (κ1) is 24.9. The molecule has 1 atom stereocenters. The highest BCUT2D eigenvalue weighted by molar-refractivity contribution is 5.86. The van der Waals surface area contributed by atoms with Gasteiger partial charge in [-0.2, -0.15) is 0 Å². The molecule has 1 aliphatic rings. The minimum absolute atomic E-state index is 0.0175. The molecule has 1 heterocycles. The number of amides is 1. The summed E-state index contributed by atoms with van der Waals surface area (Å²) in [4.78, 5) is 25.5. The molecule has 0 spiro atoms. The molecule has 1 amide bonds. The lowest BCUT2D eigenvalue weighted by Crippen LogP contribution is -2.31. The Balaban J connectivity index is 1.84. The third-order valence-electron chi connectivity index (χ3n) is 5.69. The summed E-state index contributed by atoms with van der Waals surface area (Å²) >= 11 is 0. The Kier molecular flexibility index (Phi) is 15.0. The Labute approximate surface area is 172 Å². The number of hydrogen-bond acceptors (Lipinski definition) is 4. The monoisotopic (exact) mass is 396 g/mol. The second-order valence-corrected chi connectivity index (χ2v) is 8.29. The number of likely N-dealkylation sites (tertiary alicyclic amines) is 1. The van der Waals surface area contributed by atoms with Crippen molar-refractivity contribution in [1.29, 1.82) is 0 Å². The predicted molar refractivity (Wildman–Crippen MR) is 115 cm³/mol. The zero-order valence-corrected chi connectivity index (χ0v) is 18.3. The van der Waals surface area contributed by atoms with E-state index < -0.39 is 0 Å². The van der Waals surface area contributed by atoms with Crippen molar-refractivity contribution in [2.45, 2.75) is 103 Å². The second kappa shape index (κ2) is 16.8. The van der Waals surface area contributed by atoms with Crippen LogP contribution in [0.25, 0.3) is 0 Å². The number of hydrogen-bond donors (Lipinski definition) is 1. The van der Waals surface area contributed by atoms with Crippen LogP contribution in [0.1, 0.15) is 103 Å². The Morgan fingerprint density at radius 3 is 1.93 bits per heavy atom. The normalized spacial score (nSPS) is 16.7. The highest BCUT2D eigenvalue weighted by Crippen LogP contribution is 2.19. The Morgan fingerprint density at radius 2 is 1.43 bits per heavy atom. The molecule has 5 nitrogen and oxygen atoms in total. The third kappa shape index (κ3) is 11.7. The molecule has 0 aromatic carbocycles. The summed E-state index contributed by atoms with van der Waals surface area (Å²) in [5.41, 5.74) is 5.48. The summed E-state index contributed by atoms with van der Waals surface area (Å²) < 4.78 is 5.36. The van der Waals surface area contributed by atoms with Crippen LogP contribution in [0.5, 0.6) is 0 Å². The number of nitrogens with zero attached hydrogens (tertiary/aromatic N) is 1. The van der Waals surface area contributed by atoms with Crippen molar-refractivity contribution in [3.63, 3.8) is 0 Å². The van der Waals surface area contributed by atoms with Gasteiger partial charge in [0, 0.05) is 26.1 Å². The molecule has 1 fully saturated rings. The highest BCUT2D eigenvalue weighted by atomic mass is 16.5. The molecular weight excluding hydrogens is 352 g/mol. The van der Waals surface area contributed by atoms with E-state index in [9.17, 15) is 9.59 Å². The minimum atomic E-state index is -0.300. The number of nitrogens with two attached hydrogens (primary N) is 1. The van der Waals surface area contributed by atoms with E-state index in [0.717, 1.165) is 12.8 Å². The van der Waals surface area contributed by atoms with E-state index in [1.165, 1.54) is 77.0 Å². The molecule has 0 aliphatic carbocycles. The first-order chi connectivity index (χ1) is 13.7. The first-order valence-electron chi connectivity index (χ1n) is 11.8. The fourth-order valence-electron chi connectivity index (χ4n) is 3.89. The summed E-state index contributed by atoms with van der Waals surface area (Å²) in [6.45, 7) is 4.18. The SMILES string of the molecule is CCCCCCCCCCCCCCCCOC(=O)C1CC(=O)N(CCN)C1. The van der Waals surface area contributed by atoms with E-state index in [1.807, 2.05) is 0 Å². The topological polar surface area (TPSA) is 72.6 Å². The number of carbonyl (C=O) groups excluding carboxylic acids is 2. The summed E-state index contributed by atoms with van der Waals surface area (Å²) in [6.07, 6.45) is 18.7. The van der Waals surface area contributed by atoms with Crippen LogP contribution in [0, 0.1) is 5.92 Å². The molecule has 2 N–H and O–H groups in total. The maximum absolute atomic E-state index is 12.0. The van der Waals surface area contributed by atoms with Gasteiger partial charge < -0.3 is 15.4 Å². The van der Waals surface area contributed by atoms with E-state index in [0.29, 0.717) is 26.2 Å². The lowest BCUT2D eigenvalue weighted by molar-refractivity contribution is -0.148. The molecule has 1 aliphatic heterocycles. The minimum Gasteiger partial charge on any atom is -0.465 e. The number of rotatable bonds is 18. The molecule has 1 unspecified atom stereocenters. The smallest absolute Gasteiger partial charge is 0.311 e. The summed E-state index contributed by atoms with van der Waals surface area (Å²) in [5.74, 6) is -0.503. The lowest BCUT2D eigenvalue weighted by Gasteiger charge is -2.14. The molecule has 28 heavy (non-hydrogen) atoms. The van der Waals surface area contributed by atoms with Gasteiger partial charge in [0.1, 0.15) is 0 Å². The second-order valence-electron chi connectivity index (χ2n) is 8.29. The van der Waals surface area contributed by atoms with E-state index in [1.54, 1.807) is 4.90 Å². The molecule has 0 aromatic heterocycles. The van der Waals surface area contributed by atoms with Gasteiger partial charge in [0.15, 0.2) is 0 Å². The van der Waals surface area contributed by atoms with Crippen LogP contribution in [0.15, 0.2) is 0 Å². The van der Waals surface area contributed by atoms with Crippen LogP contribution in [-0.2, 0) is 14.3 Å². The van der Waals surface area contributed by atoms with Crippen molar-refractivity contribution in [2.75, 3.05) is 26.2 Å². The van der Waals surface area contributed by atoms with Gasteiger partial charge in [0.25, 0.3) is 0 Å². The van der Waals surface area contributed by atoms with Crippen LogP contribution >= 0.6 is 0 Å². The van der Waals surface area contributed by atoms with Gasteiger partial charge in [0.2, 0.25) is 5.91 Å². The van der Waals surface area contributed by atoms with Gasteiger partial charge in [-0.15, -0.1) is 0 Å². The zero-order valence-electron chi connectivity index (χ0n) is 18.3. The highest BCUT2D eigenvalue weighted by Gasteiger charge is 2.34. The third-order valence-corrected chi connectivity index (χ3v) is 5.69. The largest absolute Gasteiger partial charge is 0.465 e. The maximum atomic E-state index is 12.0. The number of esters is 1. The number of unbranched alkanes of at least 4 members (excludes halogenated alkanes) is 13. The molecule has 0 aromatic rings. The van der Waals surface area contributed by atoms with Gasteiger partial charge in [0.05, 0.1) is 12.5 Å². The van der Waals surface area contributed by atoms with Crippen LogP contribution in [-0.4, -0.2) is 43.0 Å². The summed E-state index contributed by atoms with van der Waals surface area (Å²) in [5, 5.41) is 0. The number of ether oxygens (including phenoxy) is 1. The Hall–Kier alpha value is -1.10. The van der Waals surface area contributed by atoms with Crippen molar-refractivity contribution in [1.82, 2.24) is 4.90 Å². The Morgan fingerprint density at radius 1 is 0.929 bits per heavy atom. The fraction of sp³-hybridized carbons (Fsp3) is 0.913. The van der Waals surface area contributed by atoms with Crippen LogP contribution in [0.3, 0.4) is 0 Å². The molecule has 0 bridgehead atoms. The molecule has 0 radical (unpaired) electrons. The zero-order chi connectivity index (χ0) is 20.5. The van der Waals surface area contributed by atoms with E-state index in [-0.39, 0.29) is 24.2 Å². The van der Waals surface area contributed by atoms with Crippen LogP contribution < -0.4 is 5.73 Å². The maximum Gasteiger partial charge on any atom is 0.311 e. The van der Waals surface area contributed by atoms with E-state index in [4.69, 9.17) is 10.5 Å². The van der Waals surface area contributed by atoms with Crippen LogP contribution in [0.2, 0.25) is 0 Å². The molecule has 1 rings (SSSR count). The summed E-state index contributed by atoms with van der Waals surface area (Å²) in [6, 6.07) is 0. The van der Waals surface area contributed by atoms with Crippen molar-refractivity contribution in [3.05, 3.63) is 0 Å². The van der Waals surface area contributed by atoms with Crippen LogP contribution in [0.4, 0.5) is 0 Å². The van der Waals surface area contributed by atoms with Crippen molar-refractivity contribution in [2.24, 2.45) is 11.7 Å². The van der Waals surface area contributed by atoms with Gasteiger partial charge in [-0.1, -0.05) is 90.4 Å². The van der Waals surface area contributed by atoms with Crippen molar-refractivity contribution < 1.29 is 14.3 Å². The van der Waals surface area contributed by atoms with E-state index in [2.05, 4.69) is 6.92 Å². The number of carbonyl (C=O) groups is 2. The average molecular weight is 397 g/mol. The fourth-order valence-corrected chi connectivity index (χ4v) is 3.89. The predicted octanol–water partition coefficient (Wildman–Crippen LogP) is 4.82. The average Bonchev–Trinajstić information content (AvgIpc) is 3.06. The quantitative estimate of drug-likeness (QED) is 0.266. The molecule has 0 saturated carbocycles. The summed E-state index contributed by atoms with van der Waals surface area (Å²) in [7, 11) is 0. The van der Waals surface area contributed by atoms with Gasteiger partial charge in [-0.05, 0) is 6.42 Å².